The van der Waals surface area contributed by atoms with Gasteiger partial charge in [0.2, 0.25) is 5.95 Å². The number of methoxy groups -OCH3 is 1. The summed E-state index contributed by atoms with van der Waals surface area (Å²) in [5.41, 5.74) is 1.91. The molecule has 1 heterocycles. The lowest BCUT2D eigenvalue weighted by Gasteiger charge is -2.09. The van der Waals surface area contributed by atoms with E-state index >= 15 is 0 Å². The topological polar surface area (TPSA) is 97.0 Å². The third-order valence-electron chi connectivity index (χ3n) is 2.77. The summed E-state index contributed by atoms with van der Waals surface area (Å²) in [6.07, 6.45) is 0. The maximum atomic E-state index is 11.5. The zero-order valence-electron chi connectivity index (χ0n) is 11.4. The second kappa shape index (κ2) is 5.52. The van der Waals surface area contributed by atoms with E-state index < -0.39 is 5.97 Å². The van der Waals surface area contributed by atoms with Crippen LogP contribution in [0.3, 0.4) is 0 Å². The predicted octanol–water partition coefficient (Wildman–Crippen LogP) is 1.31. The van der Waals surface area contributed by atoms with Crippen LogP contribution in [0.4, 0.5) is 11.6 Å². The van der Waals surface area contributed by atoms with Gasteiger partial charge in [0.1, 0.15) is 5.69 Å². The van der Waals surface area contributed by atoms with Gasteiger partial charge in [-0.3, -0.25) is 9.78 Å². The van der Waals surface area contributed by atoms with Crippen LogP contribution < -0.4 is 10.9 Å². The van der Waals surface area contributed by atoms with Crippen LogP contribution in [0.2, 0.25) is 0 Å². The summed E-state index contributed by atoms with van der Waals surface area (Å²) in [5.74, 6) is -0.220. The Morgan fingerprint density at radius 1 is 1.30 bits per heavy atom. The van der Waals surface area contributed by atoms with Crippen molar-refractivity contribution in [2.45, 2.75) is 13.8 Å². The smallest absolute Gasteiger partial charge is 0.337 e. The van der Waals surface area contributed by atoms with Gasteiger partial charge >= 0.3 is 5.97 Å². The molecule has 0 aliphatic carbocycles. The predicted molar refractivity (Wildman–Crippen MR) is 73.2 cm³/mol. The molecule has 7 nitrogen and oxygen atoms in total. The van der Waals surface area contributed by atoms with Gasteiger partial charge in [-0.15, -0.1) is 10.2 Å². The van der Waals surface area contributed by atoms with E-state index in [0.29, 0.717) is 11.3 Å². The van der Waals surface area contributed by atoms with E-state index in [4.69, 9.17) is 0 Å². The molecule has 20 heavy (non-hydrogen) atoms. The van der Waals surface area contributed by atoms with Gasteiger partial charge in [-0.1, -0.05) is 6.07 Å². The molecule has 2 aromatic rings. The Balaban J connectivity index is 2.34. The molecule has 1 aromatic heterocycles. The maximum absolute atomic E-state index is 11.5. The molecule has 0 spiro atoms. The van der Waals surface area contributed by atoms with Crippen LogP contribution in [-0.4, -0.2) is 28.3 Å². The molecule has 0 atom stereocenters. The van der Waals surface area contributed by atoms with Crippen molar-refractivity contribution in [2.24, 2.45) is 0 Å². The van der Waals surface area contributed by atoms with Crippen molar-refractivity contribution in [3.8, 4) is 0 Å². The molecule has 7 heteroatoms. The fourth-order valence-electron chi connectivity index (χ4n) is 1.58. The van der Waals surface area contributed by atoms with Crippen molar-refractivity contribution in [1.29, 1.82) is 0 Å². The van der Waals surface area contributed by atoms with Gasteiger partial charge in [-0.2, -0.15) is 0 Å². The van der Waals surface area contributed by atoms with Gasteiger partial charge < -0.3 is 10.1 Å². The molecule has 0 bridgehead atoms. The summed E-state index contributed by atoms with van der Waals surface area (Å²) in [7, 11) is 1.32. The Morgan fingerprint density at radius 2 is 2.05 bits per heavy atom. The molecular weight excluding hydrogens is 260 g/mol. The highest BCUT2D eigenvalue weighted by Gasteiger charge is 2.09. The molecule has 0 saturated carbocycles. The van der Waals surface area contributed by atoms with E-state index in [1.165, 1.54) is 7.11 Å². The number of H-pyrrole nitrogens is 1. The number of aryl methyl sites for hydroxylation is 2. The minimum atomic E-state index is -0.434. The number of carbonyl (C=O) groups excluding carboxylic acids is 1. The number of benzene rings is 1. The number of rotatable bonds is 3. The van der Waals surface area contributed by atoms with Crippen molar-refractivity contribution >= 4 is 17.6 Å². The molecule has 0 saturated heterocycles. The van der Waals surface area contributed by atoms with Crippen molar-refractivity contribution < 1.29 is 9.53 Å². The van der Waals surface area contributed by atoms with Gasteiger partial charge in [-0.25, -0.2) is 4.79 Å². The van der Waals surface area contributed by atoms with E-state index in [-0.39, 0.29) is 17.2 Å². The normalized spacial score (nSPS) is 10.2. The Kier molecular flexibility index (Phi) is 3.79. The molecule has 2 N–H and O–H groups in total. The van der Waals surface area contributed by atoms with Crippen molar-refractivity contribution in [1.82, 2.24) is 15.2 Å². The van der Waals surface area contributed by atoms with Crippen LogP contribution >= 0.6 is 0 Å². The third kappa shape index (κ3) is 2.82. The first-order valence-electron chi connectivity index (χ1n) is 5.91. The van der Waals surface area contributed by atoms with Crippen LogP contribution in [-0.2, 0) is 4.74 Å². The number of anilines is 2. The fraction of sp³-hybridized carbons (Fsp3) is 0.231. The second-order valence-corrected chi connectivity index (χ2v) is 4.23. The molecule has 0 fully saturated rings. The Bertz CT molecular complexity index is 709. The summed E-state index contributed by atoms with van der Waals surface area (Å²) in [4.78, 5) is 25.5. The Hall–Kier alpha value is -2.70. The zero-order valence-corrected chi connectivity index (χ0v) is 11.4. The molecule has 0 radical (unpaired) electrons. The number of hydrogen-bond acceptors (Lipinski definition) is 6. The summed E-state index contributed by atoms with van der Waals surface area (Å²) in [5, 5.41) is 10.5. The average molecular weight is 274 g/mol. The first kappa shape index (κ1) is 13.7. The number of esters is 1. The van der Waals surface area contributed by atoms with Crippen molar-refractivity contribution in [3.63, 3.8) is 0 Å². The highest BCUT2D eigenvalue weighted by Crippen LogP contribution is 2.19. The van der Waals surface area contributed by atoms with Gasteiger partial charge in [0.25, 0.3) is 5.56 Å². The minimum absolute atomic E-state index is 0.214. The van der Waals surface area contributed by atoms with Crippen LogP contribution in [0.5, 0.6) is 0 Å². The lowest BCUT2D eigenvalue weighted by atomic mass is 10.1. The molecule has 1 aromatic carbocycles. The number of nitrogens with one attached hydrogen (secondary N) is 2. The van der Waals surface area contributed by atoms with Crippen LogP contribution in [0.1, 0.15) is 21.6 Å². The summed E-state index contributed by atoms with van der Waals surface area (Å²) < 4.78 is 4.66. The quantitative estimate of drug-likeness (QED) is 0.819. The van der Waals surface area contributed by atoms with E-state index in [0.717, 1.165) is 5.56 Å². The van der Waals surface area contributed by atoms with Crippen molar-refractivity contribution in [3.05, 3.63) is 45.4 Å². The van der Waals surface area contributed by atoms with E-state index in [1.807, 2.05) is 6.92 Å². The maximum Gasteiger partial charge on any atom is 0.337 e. The largest absolute Gasteiger partial charge is 0.465 e. The molecular formula is C13H14N4O3. The van der Waals surface area contributed by atoms with E-state index in [1.54, 1.807) is 25.1 Å². The van der Waals surface area contributed by atoms with Gasteiger partial charge in [0, 0.05) is 5.69 Å². The molecule has 0 unspecified atom stereocenters. The summed E-state index contributed by atoms with van der Waals surface area (Å²) >= 11 is 0. The number of carbonyl (C=O) groups is 1. The molecule has 104 valence electrons. The van der Waals surface area contributed by atoms with Gasteiger partial charge in [0.15, 0.2) is 0 Å². The average Bonchev–Trinajstić information content (AvgIpc) is 2.44. The van der Waals surface area contributed by atoms with Crippen LogP contribution in [0, 0.1) is 13.8 Å². The highest BCUT2D eigenvalue weighted by atomic mass is 16.5. The number of hydrogen-bond donors (Lipinski definition) is 2. The van der Waals surface area contributed by atoms with E-state index in [9.17, 15) is 9.59 Å². The Morgan fingerprint density at radius 3 is 2.70 bits per heavy atom. The SMILES string of the molecule is COC(=O)c1ccc(C)c(Nc2nnc(C)c(=O)[nH]2)c1. The molecule has 2 rings (SSSR count). The first-order chi connectivity index (χ1) is 9.51. The van der Waals surface area contributed by atoms with Crippen LogP contribution in [0.25, 0.3) is 0 Å². The van der Waals surface area contributed by atoms with E-state index in [2.05, 4.69) is 25.2 Å². The highest BCUT2D eigenvalue weighted by molar-refractivity contribution is 5.91. The number of nitrogens with zero attached hydrogens (tertiary/aromatic N) is 2. The molecule has 0 aliphatic rings. The lowest BCUT2D eigenvalue weighted by molar-refractivity contribution is 0.0601. The molecule has 0 amide bonds. The van der Waals surface area contributed by atoms with Crippen molar-refractivity contribution in [2.75, 3.05) is 12.4 Å². The number of ether oxygens (including phenoxy) is 1. The number of aromatic amines is 1. The second-order valence-electron chi connectivity index (χ2n) is 4.23. The standard InChI is InChI=1S/C13H14N4O3/c1-7-4-5-9(12(19)20-3)6-10(7)14-13-15-11(18)8(2)16-17-13/h4-6H,1-3H3,(H2,14,15,17,18). The monoisotopic (exact) mass is 274 g/mol. The minimum Gasteiger partial charge on any atom is -0.465 e. The van der Waals surface area contributed by atoms with Gasteiger partial charge in [0.05, 0.1) is 12.7 Å². The van der Waals surface area contributed by atoms with Gasteiger partial charge in [-0.05, 0) is 31.5 Å². The number of aromatic nitrogens is 3. The Labute approximate surface area is 115 Å². The zero-order chi connectivity index (χ0) is 14.7. The fourth-order valence-corrected chi connectivity index (χ4v) is 1.58. The molecule has 0 aliphatic heterocycles. The summed E-state index contributed by atoms with van der Waals surface area (Å²) in [6.45, 7) is 3.43. The summed E-state index contributed by atoms with van der Waals surface area (Å²) in [6, 6.07) is 5.06. The third-order valence-corrected chi connectivity index (χ3v) is 2.77. The lowest BCUT2D eigenvalue weighted by Crippen LogP contribution is -2.16. The van der Waals surface area contributed by atoms with Crippen LogP contribution in [0.15, 0.2) is 23.0 Å². The first-order valence-corrected chi connectivity index (χ1v) is 5.91.